The molecule has 2 atom stereocenters. The number of rotatable bonds is 8. The molecule has 1 saturated heterocycles. The van der Waals surface area contributed by atoms with Gasteiger partial charge in [-0.2, -0.15) is 0 Å². The molecule has 7 rings (SSSR count). The lowest BCUT2D eigenvalue weighted by atomic mass is 9.60. The van der Waals surface area contributed by atoms with Crippen LogP contribution in [0.15, 0.2) is 65.6 Å². The summed E-state index contributed by atoms with van der Waals surface area (Å²) in [6.45, 7) is 0.350. The Morgan fingerprint density at radius 3 is 1.83 bits per heavy atom. The van der Waals surface area contributed by atoms with Crippen LogP contribution in [0.25, 0.3) is 6.08 Å². The van der Waals surface area contributed by atoms with Crippen LogP contribution >= 0.6 is 0 Å². The minimum absolute atomic E-state index is 0.0931. The Bertz CT molecular complexity index is 1740. The molecule has 0 N–H and O–H groups in total. The molecule has 2 aliphatic heterocycles. The molecule has 10 nitrogen and oxygen atoms in total. The summed E-state index contributed by atoms with van der Waals surface area (Å²) in [6, 6.07) is 12.1. The van der Waals surface area contributed by atoms with Gasteiger partial charge in [0.25, 0.3) is 0 Å². The zero-order chi connectivity index (χ0) is 32.0. The van der Waals surface area contributed by atoms with Crippen LogP contribution in [0.2, 0.25) is 0 Å². The van der Waals surface area contributed by atoms with Crippen LogP contribution in [0.4, 0.5) is 0 Å². The summed E-state index contributed by atoms with van der Waals surface area (Å²) in [7, 11) is 9.68. The minimum atomic E-state index is -0.501. The SMILES string of the molecule is COc1cc(/C=C2\C=C3OCOC3=CC23Cc2cc4c(cc2C(c2cc(OC)c(OC)c(OC)c2)C3)OCO4)cc(OC)c1OC. The number of allylic oxidation sites excluding steroid dienone is 3. The highest BCUT2D eigenvalue weighted by atomic mass is 16.7. The van der Waals surface area contributed by atoms with Gasteiger partial charge in [-0.25, -0.2) is 0 Å². The number of benzene rings is 3. The predicted octanol–water partition coefficient (Wildman–Crippen LogP) is 6.40. The summed E-state index contributed by atoms with van der Waals surface area (Å²) in [4.78, 5) is 0. The van der Waals surface area contributed by atoms with Crippen molar-refractivity contribution in [3.05, 3.63) is 87.9 Å². The number of ether oxygens (including phenoxy) is 10. The van der Waals surface area contributed by atoms with Gasteiger partial charge < -0.3 is 47.4 Å². The lowest BCUT2D eigenvalue weighted by molar-refractivity contribution is 0.0974. The van der Waals surface area contributed by atoms with Gasteiger partial charge >= 0.3 is 0 Å². The van der Waals surface area contributed by atoms with Gasteiger partial charge in [-0.15, -0.1) is 0 Å². The molecule has 46 heavy (non-hydrogen) atoms. The highest BCUT2D eigenvalue weighted by molar-refractivity contribution is 5.69. The number of hydrogen-bond donors (Lipinski definition) is 0. The van der Waals surface area contributed by atoms with Crippen molar-refractivity contribution in [2.45, 2.75) is 18.8 Å². The Labute approximate surface area is 267 Å². The van der Waals surface area contributed by atoms with Crippen molar-refractivity contribution in [1.82, 2.24) is 0 Å². The van der Waals surface area contributed by atoms with Gasteiger partial charge in [0, 0.05) is 11.3 Å². The topological polar surface area (TPSA) is 92.3 Å². The standard InChI is InChI=1S/C36H36O10/c1-37-29-8-20(9-30(38-2)34(29)41-5)7-23-13-27-33(46-19-44-27)17-36(23)15-22-12-26-28(45-18-43-26)14-24(22)25(16-36)21-10-31(39-3)35(42-6)32(11-21)40-4/h7-14,17,25H,15-16,18-19H2,1-6H3/b23-7+. The van der Waals surface area contributed by atoms with E-state index in [-0.39, 0.29) is 19.5 Å². The average molecular weight is 629 g/mol. The maximum absolute atomic E-state index is 5.98. The fourth-order valence-corrected chi connectivity index (χ4v) is 6.99. The molecule has 1 fully saturated rings. The molecule has 2 heterocycles. The molecule has 2 aliphatic carbocycles. The lowest BCUT2D eigenvalue weighted by Crippen LogP contribution is -2.33. The third-order valence-corrected chi connectivity index (χ3v) is 9.12. The van der Waals surface area contributed by atoms with E-state index < -0.39 is 5.41 Å². The molecule has 10 heteroatoms. The Hall–Kier alpha value is -5.12. The van der Waals surface area contributed by atoms with E-state index in [1.165, 1.54) is 0 Å². The normalized spacial score (nSPS) is 21.3. The maximum Gasteiger partial charge on any atom is 0.231 e. The Morgan fingerprint density at radius 1 is 0.652 bits per heavy atom. The third kappa shape index (κ3) is 4.79. The van der Waals surface area contributed by atoms with Crippen LogP contribution in [-0.2, 0) is 15.9 Å². The monoisotopic (exact) mass is 628 g/mol. The summed E-state index contributed by atoms with van der Waals surface area (Å²) in [5, 5.41) is 0. The van der Waals surface area contributed by atoms with E-state index in [1.54, 1.807) is 42.7 Å². The van der Waals surface area contributed by atoms with Gasteiger partial charge in [0.05, 0.1) is 42.7 Å². The summed E-state index contributed by atoms with van der Waals surface area (Å²) in [5.74, 6) is 6.18. The molecule has 2 unspecified atom stereocenters. The van der Waals surface area contributed by atoms with Gasteiger partial charge in [-0.1, -0.05) is 6.08 Å². The molecule has 0 bridgehead atoms. The van der Waals surface area contributed by atoms with Gasteiger partial charge in [-0.05, 0) is 89.2 Å². The van der Waals surface area contributed by atoms with E-state index in [4.69, 9.17) is 47.4 Å². The molecule has 0 amide bonds. The summed E-state index contributed by atoms with van der Waals surface area (Å²) in [5.41, 5.74) is 4.73. The van der Waals surface area contributed by atoms with E-state index in [0.717, 1.165) is 45.1 Å². The summed E-state index contributed by atoms with van der Waals surface area (Å²) >= 11 is 0. The van der Waals surface area contributed by atoms with Crippen LogP contribution in [0.3, 0.4) is 0 Å². The Balaban J connectivity index is 1.44. The fraction of sp³-hybridized carbons (Fsp3) is 0.333. The van der Waals surface area contributed by atoms with Gasteiger partial charge in [0.1, 0.15) is 0 Å². The Morgan fingerprint density at radius 2 is 1.22 bits per heavy atom. The zero-order valence-electron chi connectivity index (χ0n) is 26.7. The molecule has 1 spiro atoms. The average Bonchev–Trinajstić information content (AvgIpc) is 3.74. The van der Waals surface area contributed by atoms with Gasteiger partial charge in [0.15, 0.2) is 46.0 Å². The van der Waals surface area contributed by atoms with Gasteiger partial charge in [-0.3, -0.25) is 0 Å². The van der Waals surface area contributed by atoms with E-state index in [9.17, 15) is 0 Å². The lowest BCUT2D eigenvalue weighted by Gasteiger charge is -2.43. The van der Waals surface area contributed by atoms with Crippen LogP contribution in [0.1, 0.15) is 34.6 Å². The fourth-order valence-electron chi connectivity index (χ4n) is 6.99. The number of hydrogen-bond acceptors (Lipinski definition) is 10. The Kier molecular flexibility index (Phi) is 7.50. The van der Waals surface area contributed by atoms with Crippen molar-refractivity contribution in [2.75, 3.05) is 56.2 Å². The van der Waals surface area contributed by atoms with E-state index in [1.807, 2.05) is 24.3 Å². The molecule has 4 aliphatic rings. The first kappa shape index (κ1) is 29.6. The number of fused-ring (bicyclic) bond motifs is 3. The van der Waals surface area contributed by atoms with E-state index in [2.05, 4.69) is 30.4 Å². The first-order valence-electron chi connectivity index (χ1n) is 14.9. The summed E-state index contributed by atoms with van der Waals surface area (Å²) in [6.07, 6.45) is 7.82. The van der Waals surface area contributed by atoms with Crippen molar-refractivity contribution >= 4 is 6.08 Å². The first-order valence-corrected chi connectivity index (χ1v) is 14.9. The molecular weight excluding hydrogens is 592 g/mol. The summed E-state index contributed by atoms with van der Waals surface area (Å²) < 4.78 is 57.7. The minimum Gasteiger partial charge on any atom is -0.493 e. The second-order valence-corrected chi connectivity index (χ2v) is 11.4. The molecular formula is C36H36O10. The van der Waals surface area contributed by atoms with Crippen molar-refractivity contribution < 1.29 is 47.4 Å². The largest absolute Gasteiger partial charge is 0.493 e. The van der Waals surface area contributed by atoms with Crippen molar-refractivity contribution in [2.24, 2.45) is 5.41 Å². The number of methoxy groups -OCH3 is 6. The zero-order valence-corrected chi connectivity index (χ0v) is 26.7. The third-order valence-electron chi connectivity index (χ3n) is 9.12. The second-order valence-electron chi connectivity index (χ2n) is 11.4. The highest BCUT2D eigenvalue weighted by Crippen LogP contribution is 2.57. The molecule has 3 aromatic rings. The molecule has 240 valence electrons. The molecule has 0 aromatic heterocycles. The maximum atomic E-state index is 5.98. The van der Waals surface area contributed by atoms with Crippen LogP contribution in [0, 0.1) is 5.41 Å². The van der Waals surface area contributed by atoms with Crippen molar-refractivity contribution in [3.63, 3.8) is 0 Å². The molecule has 3 aromatic carbocycles. The highest BCUT2D eigenvalue weighted by Gasteiger charge is 2.45. The van der Waals surface area contributed by atoms with Crippen molar-refractivity contribution in [1.29, 1.82) is 0 Å². The van der Waals surface area contributed by atoms with Crippen LogP contribution < -0.4 is 37.9 Å². The molecule has 0 radical (unpaired) electrons. The van der Waals surface area contributed by atoms with E-state index in [0.29, 0.717) is 53.1 Å². The smallest absolute Gasteiger partial charge is 0.231 e. The van der Waals surface area contributed by atoms with Crippen LogP contribution in [0.5, 0.6) is 46.0 Å². The first-order chi connectivity index (χ1) is 22.4. The quantitative estimate of drug-likeness (QED) is 0.279. The molecule has 0 saturated carbocycles. The van der Waals surface area contributed by atoms with Gasteiger partial charge in [0.2, 0.25) is 25.1 Å². The van der Waals surface area contributed by atoms with Crippen molar-refractivity contribution in [3.8, 4) is 46.0 Å². The van der Waals surface area contributed by atoms with Crippen LogP contribution in [-0.4, -0.2) is 56.2 Å². The predicted molar refractivity (Wildman–Crippen MR) is 169 cm³/mol. The van der Waals surface area contributed by atoms with E-state index >= 15 is 0 Å². The second kappa shape index (κ2) is 11.7.